The van der Waals surface area contributed by atoms with Gasteiger partial charge in [0.15, 0.2) is 0 Å². The lowest BCUT2D eigenvalue weighted by Crippen LogP contribution is -1.91. The molecule has 0 amide bonds. The van der Waals surface area contributed by atoms with E-state index < -0.39 is 0 Å². The summed E-state index contributed by atoms with van der Waals surface area (Å²) in [7, 11) is 0. The molecule has 0 aliphatic heterocycles. The van der Waals surface area contributed by atoms with E-state index in [0.717, 1.165) is 5.56 Å². The Morgan fingerprint density at radius 1 is 1.35 bits per heavy atom. The van der Waals surface area contributed by atoms with Crippen LogP contribution in [0.4, 0.5) is 4.39 Å². The second-order valence-electron chi connectivity index (χ2n) is 3.32. The van der Waals surface area contributed by atoms with Crippen LogP contribution in [0.15, 0.2) is 41.1 Å². The predicted octanol–water partition coefficient (Wildman–Crippen LogP) is 4.51. The molecule has 0 unspecified atom stereocenters. The monoisotopic (exact) mass is 315 g/mol. The van der Waals surface area contributed by atoms with Gasteiger partial charge in [-0.2, -0.15) is 0 Å². The zero-order valence-corrected chi connectivity index (χ0v) is 11.0. The van der Waals surface area contributed by atoms with Crippen molar-refractivity contribution in [3.8, 4) is 11.5 Å². The van der Waals surface area contributed by atoms with E-state index in [9.17, 15) is 4.39 Å². The first kappa shape index (κ1) is 12.3. The number of hydrogen-bond acceptors (Lipinski definition) is 2. The summed E-state index contributed by atoms with van der Waals surface area (Å²) in [6.07, 6.45) is 3.22. The van der Waals surface area contributed by atoms with Gasteiger partial charge in [0.25, 0.3) is 0 Å². The summed E-state index contributed by atoms with van der Waals surface area (Å²) >= 11 is 8.96. The summed E-state index contributed by atoms with van der Waals surface area (Å²) < 4.78 is 19.4. The van der Waals surface area contributed by atoms with E-state index in [0.29, 0.717) is 21.9 Å². The van der Waals surface area contributed by atoms with Gasteiger partial charge in [-0.05, 0) is 18.2 Å². The van der Waals surface area contributed by atoms with Crippen molar-refractivity contribution in [3.05, 3.63) is 52.5 Å². The van der Waals surface area contributed by atoms with Gasteiger partial charge in [0.1, 0.15) is 17.3 Å². The fourth-order valence-electron chi connectivity index (χ4n) is 1.33. The molecule has 0 bridgehead atoms. The van der Waals surface area contributed by atoms with Gasteiger partial charge >= 0.3 is 0 Å². The van der Waals surface area contributed by atoms with Crippen molar-refractivity contribution in [1.29, 1.82) is 0 Å². The third kappa shape index (κ3) is 3.17. The Hall–Kier alpha value is -1.13. The molecule has 0 fully saturated rings. The summed E-state index contributed by atoms with van der Waals surface area (Å²) in [5, 5.41) is 0. The van der Waals surface area contributed by atoms with Crippen molar-refractivity contribution in [3.63, 3.8) is 0 Å². The molecule has 88 valence electrons. The van der Waals surface area contributed by atoms with Gasteiger partial charge in [-0.25, -0.2) is 4.39 Å². The molecule has 1 heterocycles. The maximum Gasteiger partial charge on any atom is 0.134 e. The number of aromatic nitrogens is 1. The molecule has 2 aromatic rings. The number of halogens is 3. The number of nitrogens with zero attached hydrogens (tertiary/aromatic N) is 1. The molecular formula is C12H8BrClFNO. The third-order valence-electron chi connectivity index (χ3n) is 2.07. The zero-order valence-electron chi connectivity index (χ0n) is 8.66. The number of alkyl halides is 1. The fraction of sp³-hybridized carbons (Fsp3) is 0.0833. The molecule has 1 aromatic carbocycles. The lowest BCUT2D eigenvalue weighted by atomic mass is 10.3. The Bertz CT molecular complexity index is 515. The van der Waals surface area contributed by atoms with Crippen LogP contribution in [-0.4, -0.2) is 4.98 Å². The Kier molecular flexibility index (Phi) is 3.97. The molecule has 1 aromatic heterocycles. The van der Waals surface area contributed by atoms with Crippen LogP contribution in [-0.2, 0) is 5.88 Å². The summed E-state index contributed by atoms with van der Waals surface area (Å²) in [4.78, 5) is 3.95. The van der Waals surface area contributed by atoms with Gasteiger partial charge in [-0.15, -0.1) is 11.6 Å². The van der Waals surface area contributed by atoms with Crippen molar-refractivity contribution in [2.24, 2.45) is 0 Å². The van der Waals surface area contributed by atoms with E-state index in [2.05, 4.69) is 20.9 Å². The smallest absolute Gasteiger partial charge is 0.134 e. The molecule has 0 saturated carbocycles. The Labute approximate surface area is 112 Å². The summed E-state index contributed by atoms with van der Waals surface area (Å²) in [5.74, 6) is 0.914. The minimum atomic E-state index is -0.365. The van der Waals surface area contributed by atoms with Crippen LogP contribution in [0.25, 0.3) is 0 Å². The van der Waals surface area contributed by atoms with Crippen molar-refractivity contribution < 1.29 is 9.13 Å². The highest BCUT2D eigenvalue weighted by molar-refractivity contribution is 9.10. The number of rotatable bonds is 3. The van der Waals surface area contributed by atoms with Crippen LogP contribution >= 0.6 is 27.5 Å². The largest absolute Gasteiger partial charge is 0.457 e. The normalized spacial score (nSPS) is 10.3. The molecule has 0 spiro atoms. The number of benzene rings is 1. The minimum absolute atomic E-state index is 0.291. The zero-order chi connectivity index (χ0) is 12.3. The fourth-order valence-corrected chi connectivity index (χ4v) is 1.97. The Balaban J connectivity index is 2.31. The second-order valence-corrected chi connectivity index (χ2v) is 4.51. The standard InChI is InChI=1S/C12H8BrClFNO/c13-9-3-10(15)5-11(4-9)17-12-1-2-16-7-8(12)6-14/h1-5,7H,6H2. The Morgan fingerprint density at radius 2 is 2.18 bits per heavy atom. The second kappa shape index (κ2) is 5.47. The maximum atomic E-state index is 13.2. The SMILES string of the molecule is Fc1cc(Br)cc(Oc2ccncc2CCl)c1. The van der Waals surface area contributed by atoms with Gasteiger partial charge in [-0.3, -0.25) is 4.98 Å². The molecule has 0 aliphatic rings. The predicted molar refractivity (Wildman–Crippen MR) is 68.0 cm³/mol. The summed E-state index contributed by atoms with van der Waals surface area (Å²) in [6, 6.07) is 6.04. The Morgan fingerprint density at radius 3 is 2.88 bits per heavy atom. The first-order valence-corrected chi connectivity index (χ1v) is 6.14. The van der Waals surface area contributed by atoms with E-state index in [1.165, 1.54) is 12.1 Å². The quantitative estimate of drug-likeness (QED) is 0.777. The van der Waals surface area contributed by atoms with E-state index in [1.807, 2.05) is 0 Å². The molecular weight excluding hydrogens is 308 g/mol. The van der Waals surface area contributed by atoms with Crippen molar-refractivity contribution in [2.75, 3.05) is 0 Å². The lowest BCUT2D eigenvalue weighted by molar-refractivity contribution is 0.471. The topological polar surface area (TPSA) is 22.1 Å². The van der Waals surface area contributed by atoms with E-state index >= 15 is 0 Å². The van der Waals surface area contributed by atoms with Crippen molar-refractivity contribution >= 4 is 27.5 Å². The van der Waals surface area contributed by atoms with Crippen molar-refractivity contribution in [2.45, 2.75) is 5.88 Å². The van der Waals surface area contributed by atoms with Crippen LogP contribution in [0.2, 0.25) is 0 Å². The van der Waals surface area contributed by atoms with Crippen LogP contribution in [0, 0.1) is 5.82 Å². The maximum absolute atomic E-state index is 13.2. The lowest BCUT2D eigenvalue weighted by Gasteiger charge is -2.09. The average molecular weight is 317 g/mol. The number of hydrogen-bond donors (Lipinski definition) is 0. The molecule has 2 nitrogen and oxygen atoms in total. The molecule has 0 N–H and O–H groups in total. The van der Waals surface area contributed by atoms with Crippen LogP contribution in [0.5, 0.6) is 11.5 Å². The summed E-state index contributed by atoms with van der Waals surface area (Å²) in [5.41, 5.74) is 0.759. The average Bonchev–Trinajstić information content (AvgIpc) is 2.28. The van der Waals surface area contributed by atoms with Gasteiger partial charge in [-0.1, -0.05) is 15.9 Å². The molecule has 5 heteroatoms. The van der Waals surface area contributed by atoms with Gasteiger partial charge in [0.05, 0.1) is 5.88 Å². The molecule has 0 aliphatic carbocycles. The minimum Gasteiger partial charge on any atom is -0.457 e. The molecule has 0 atom stereocenters. The van der Waals surface area contributed by atoms with Gasteiger partial charge < -0.3 is 4.74 Å². The van der Waals surface area contributed by atoms with Gasteiger partial charge in [0, 0.05) is 28.5 Å². The van der Waals surface area contributed by atoms with E-state index in [-0.39, 0.29) is 5.82 Å². The van der Waals surface area contributed by atoms with E-state index in [1.54, 1.807) is 24.5 Å². The number of ether oxygens (including phenoxy) is 1. The molecule has 2 rings (SSSR count). The molecule has 17 heavy (non-hydrogen) atoms. The van der Waals surface area contributed by atoms with Gasteiger partial charge in [0.2, 0.25) is 0 Å². The first-order chi connectivity index (χ1) is 8.19. The van der Waals surface area contributed by atoms with E-state index in [4.69, 9.17) is 16.3 Å². The van der Waals surface area contributed by atoms with Crippen molar-refractivity contribution in [1.82, 2.24) is 4.98 Å². The first-order valence-electron chi connectivity index (χ1n) is 4.82. The molecule has 0 radical (unpaired) electrons. The highest BCUT2D eigenvalue weighted by Crippen LogP contribution is 2.28. The highest BCUT2D eigenvalue weighted by atomic mass is 79.9. The van der Waals surface area contributed by atoms with Crippen LogP contribution in [0.3, 0.4) is 0 Å². The number of pyridine rings is 1. The van der Waals surface area contributed by atoms with Crippen LogP contribution in [0.1, 0.15) is 5.56 Å². The third-order valence-corrected chi connectivity index (χ3v) is 2.81. The molecule has 0 saturated heterocycles. The van der Waals surface area contributed by atoms with Crippen LogP contribution < -0.4 is 4.74 Å². The highest BCUT2D eigenvalue weighted by Gasteiger charge is 2.05. The summed E-state index contributed by atoms with van der Waals surface area (Å²) in [6.45, 7) is 0.